The van der Waals surface area contributed by atoms with Gasteiger partial charge >= 0.3 is 0 Å². The molecule has 2 heterocycles. The van der Waals surface area contributed by atoms with Crippen LogP contribution in [0.4, 0.5) is 5.13 Å². The lowest BCUT2D eigenvalue weighted by Gasteiger charge is -2.28. The van der Waals surface area contributed by atoms with Crippen molar-refractivity contribution in [2.45, 2.75) is 33.6 Å². The Morgan fingerprint density at radius 2 is 2.24 bits per heavy atom. The molecule has 0 aromatic carbocycles. The highest BCUT2D eigenvalue weighted by Gasteiger charge is 2.24. The Kier molecular flexibility index (Phi) is 5.41. The third kappa shape index (κ3) is 4.86. The van der Waals surface area contributed by atoms with Crippen LogP contribution in [-0.4, -0.2) is 46.4 Å². The van der Waals surface area contributed by atoms with Crippen molar-refractivity contribution < 1.29 is 9.59 Å². The van der Waals surface area contributed by atoms with E-state index in [0.29, 0.717) is 37.1 Å². The van der Waals surface area contributed by atoms with Crippen LogP contribution >= 0.6 is 11.3 Å². The first-order valence-electron chi connectivity index (χ1n) is 7.31. The largest absolute Gasteiger partial charge is 0.299 e. The number of piperidine rings is 1. The van der Waals surface area contributed by atoms with E-state index in [4.69, 9.17) is 0 Å². The van der Waals surface area contributed by atoms with E-state index in [9.17, 15) is 9.59 Å². The fraction of sp³-hybridized carbons (Fsp3) is 0.714. The summed E-state index contributed by atoms with van der Waals surface area (Å²) >= 11 is 1.43. The van der Waals surface area contributed by atoms with Crippen LogP contribution in [0.1, 0.15) is 32.2 Å². The van der Waals surface area contributed by atoms with Gasteiger partial charge in [-0.2, -0.15) is 0 Å². The van der Waals surface area contributed by atoms with E-state index in [1.54, 1.807) is 0 Å². The van der Waals surface area contributed by atoms with Gasteiger partial charge in [-0.05, 0) is 5.92 Å². The summed E-state index contributed by atoms with van der Waals surface area (Å²) < 4.78 is 0. The second-order valence-electron chi connectivity index (χ2n) is 6.00. The Balaban J connectivity index is 1.81. The topological polar surface area (TPSA) is 75.2 Å². The number of ketones is 1. The van der Waals surface area contributed by atoms with Crippen molar-refractivity contribution in [2.24, 2.45) is 11.8 Å². The minimum absolute atomic E-state index is 0.0192. The first kappa shape index (κ1) is 16.0. The number of aromatic nitrogens is 2. The Labute approximate surface area is 128 Å². The molecular weight excluding hydrogens is 288 g/mol. The SMILES string of the molecule is CC(C)Cc1nnc(NC(=O)CN2CCC(=O)[C@@H](C)C2)s1. The standard InChI is InChI=1S/C14H22N4O2S/c1-9(2)6-13-16-17-14(21-13)15-12(20)8-18-5-4-11(19)10(3)7-18/h9-10H,4-8H2,1-3H3,(H,15,17,20)/t10-/m0/s1. The summed E-state index contributed by atoms with van der Waals surface area (Å²) in [4.78, 5) is 25.5. The molecule has 0 saturated carbocycles. The maximum atomic E-state index is 12.0. The molecule has 21 heavy (non-hydrogen) atoms. The van der Waals surface area contributed by atoms with Crippen LogP contribution in [0.3, 0.4) is 0 Å². The molecule has 7 heteroatoms. The van der Waals surface area contributed by atoms with Crippen molar-refractivity contribution in [1.82, 2.24) is 15.1 Å². The van der Waals surface area contributed by atoms with Gasteiger partial charge in [0.15, 0.2) is 0 Å². The first-order chi connectivity index (χ1) is 9.94. The molecule has 1 aromatic rings. The molecule has 0 aliphatic carbocycles. The number of likely N-dealkylation sites (tertiary alicyclic amines) is 1. The van der Waals surface area contributed by atoms with E-state index in [1.807, 2.05) is 11.8 Å². The molecule has 1 amide bonds. The number of carbonyl (C=O) groups excluding carboxylic acids is 2. The lowest BCUT2D eigenvalue weighted by Crippen LogP contribution is -2.43. The summed E-state index contributed by atoms with van der Waals surface area (Å²) in [6.07, 6.45) is 1.41. The second-order valence-corrected chi connectivity index (χ2v) is 7.06. The zero-order valence-electron chi connectivity index (χ0n) is 12.8. The predicted molar refractivity (Wildman–Crippen MR) is 82.3 cm³/mol. The number of rotatable bonds is 5. The van der Waals surface area contributed by atoms with E-state index in [1.165, 1.54) is 11.3 Å². The van der Waals surface area contributed by atoms with E-state index in [0.717, 1.165) is 11.4 Å². The zero-order chi connectivity index (χ0) is 15.4. The van der Waals surface area contributed by atoms with Gasteiger partial charge in [-0.25, -0.2) is 0 Å². The number of carbonyl (C=O) groups is 2. The smallest absolute Gasteiger partial charge is 0.240 e. The molecule has 6 nitrogen and oxygen atoms in total. The summed E-state index contributed by atoms with van der Waals surface area (Å²) in [6.45, 7) is 7.77. The Morgan fingerprint density at radius 1 is 1.48 bits per heavy atom. The van der Waals surface area contributed by atoms with E-state index in [2.05, 4.69) is 29.4 Å². The van der Waals surface area contributed by atoms with Gasteiger partial charge in [0.05, 0.1) is 6.54 Å². The molecule has 0 spiro atoms. The highest BCUT2D eigenvalue weighted by atomic mass is 32.1. The molecule has 1 saturated heterocycles. The van der Waals surface area contributed by atoms with Gasteiger partial charge in [0.25, 0.3) is 0 Å². The van der Waals surface area contributed by atoms with Crippen molar-refractivity contribution in [3.8, 4) is 0 Å². The molecule has 0 radical (unpaired) electrons. The van der Waals surface area contributed by atoms with Gasteiger partial charge in [-0.3, -0.25) is 19.8 Å². The summed E-state index contributed by atoms with van der Waals surface area (Å²) in [5, 5.41) is 12.3. The fourth-order valence-corrected chi connectivity index (χ4v) is 3.30. The molecule has 0 bridgehead atoms. The van der Waals surface area contributed by atoms with Crippen molar-refractivity contribution in [2.75, 3.05) is 25.0 Å². The van der Waals surface area contributed by atoms with Gasteiger partial charge in [0.2, 0.25) is 11.0 Å². The minimum Gasteiger partial charge on any atom is -0.299 e. The Hall–Kier alpha value is -1.34. The lowest BCUT2D eigenvalue weighted by atomic mass is 9.99. The highest BCUT2D eigenvalue weighted by molar-refractivity contribution is 7.15. The Morgan fingerprint density at radius 3 is 2.90 bits per heavy atom. The molecule has 2 rings (SSSR count). The molecule has 116 valence electrons. The van der Waals surface area contributed by atoms with Crippen molar-refractivity contribution in [3.63, 3.8) is 0 Å². The molecule has 0 unspecified atom stereocenters. The summed E-state index contributed by atoms with van der Waals surface area (Å²) in [5.74, 6) is 0.734. The number of anilines is 1. The van der Waals surface area contributed by atoms with E-state index < -0.39 is 0 Å². The van der Waals surface area contributed by atoms with Crippen LogP contribution < -0.4 is 5.32 Å². The van der Waals surface area contributed by atoms with Gasteiger partial charge in [-0.15, -0.1) is 10.2 Å². The van der Waals surface area contributed by atoms with E-state index >= 15 is 0 Å². The quantitative estimate of drug-likeness (QED) is 0.894. The molecule has 1 aliphatic heterocycles. The Bertz CT molecular complexity index is 515. The van der Waals surface area contributed by atoms with Gasteiger partial charge in [-0.1, -0.05) is 32.1 Å². The third-order valence-corrected chi connectivity index (χ3v) is 4.28. The minimum atomic E-state index is -0.0937. The maximum Gasteiger partial charge on any atom is 0.240 e. The number of hydrogen-bond acceptors (Lipinski definition) is 6. The molecule has 1 aromatic heterocycles. The van der Waals surface area contributed by atoms with Crippen LogP contribution in [0.25, 0.3) is 0 Å². The lowest BCUT2D eigenvalue weighted by molar-refractivity contribution is -0.127. The van der Waals surface area contributed by atoms with Crippen molar-refractivity contribution >= 4 is 28.2 Å². The van der Waals surface area contributed by atoms with Crippen LogP contribution in [0.5, 0.6) is 0 Å². The van der Waals surface area contributed by atoms with Gasteiger partial charge < -0.3 is 0 Å². The maximum absolute atomic E-state index is 12.0. The number of nitrogens with one attached hydrogen (secondary N) is 1. The first-order valence-corrected chi connectivity index (χ1v) is 8.13. The molecule has 1 N–H and O–H groups in total. The zero-order valence-corrected chi connectivity index (χ0v) is 13.6. The van der Waals surface area contributed by atoms with E-state index in [-0.39, 0.29) is 17.6 Å². The van der Waals surface area contributed by atoms with Crippen molar-refractivity contribution in [1.29, 1.82) is 0 Å². The fourth-order valence-electron chi connectivity index (χ4n) is 2.34. The van der Waals surface area contributed by atoms with Gasteiger partial charge in [0.1, 0.15) is 10.8 Å². The predicted octanol–water partition coefficient (Wildman–Crippen LogP) is 1.59. The molecule has 1 fully saturated rings. The van der Waals surface area contributed by atoms with Gasteiger partial charge in [0, 0.05) is 31.8 Å². The molecule has 1 atom stereocenters. The van der Waals surface area contributed by atoms with Crippen LogP contribution in [0.2, 0.25) is 0 Å². The third-order valence-electron chi connectivity index (χ3n) is 3.42. The number of hydrogen-bond donors (Lipinski definition) is 1. The summed E-state index contributed by atoms with van der Waals surface area (Å²) in [5.41, 5.74) is 0. The summed E-state index contributed by atoms with van der Waals surface area (Å²) in [7, 11) is 0. The average molecular weight is 310 g/mol. The average Bonchev–Trinajstić information content (AvgIpc) is 2.80. The van der Waals surface area contributed by atoms with Crippen LogP contribution in [0.15, 0.2) is 0 Å². The van der Waals surface area contributed by atoms with Crippen molar-refractivity contribution in [3.05, 3.63) is 5.01 Å². The van der Waals surface area contributed by atoms with Crippen LogP contribution in [-0.2, 0) is 16.0 Å². The normalized spacial score (nSPS) is 20.0. The monoisotopic (exact) mass is 310 g/mol. The second kappa shape index (κ2) is 7.09. The summed E-state index contributed by atoms with van der Waals surface area (Å²) in [6, 6.07) is 0. The highest BCUT2D eigenvalue weighted by Crippen LogP contribution is 2.18. The number of amides is 1. The molecule has 1 aliphatic rings. The van der Waals surface area contributed by atoms with Crippen LogP contribution in [0, 0.1) is 11.8 Å². The number of nitrogens with zero attached hydrogens (tertiary/aromatic N) is 3. The number of Topliss-reactive ketones (excluding diaryl/α,β-unsaturated/α-hetero) is 1. The molecular formula is C14H22N4O2S.